The molecule has 0 amide bonds. The number of anilines is 1. The predicted octanol–water partition coefficient (Wildman–Crippen LogP) is -0.242. The highest BCUT2D eigenvalue weighted by molar-refractivity contribution is 6.30. The quantitative estimate of drug-likeness (QED) is 0.264. The van der Waals surface area contributed by atoms with E-state index in [0.717, 1.165) is 4.57 Å². The summed E-state index contributed by atoms with van der Waals surface area (Å²) < 4.78 is 22.3. The summed E-state index contributed by atoms with van der Waals surface area (Å²) in [5, 5.41) is 8.85. The zero-order valence-corrected chi connectivity index (χ0v) is 15.8. The van der Waals surface area contributed by atoms with Crippen LogP contribution in [0.1, 0.15) is 32.9 Å². The van der Waals surface area contributed by atoms with E-state index in [1.54, 1.807) is 5.48 Å². The van der Waals surface area contributed by atoms with Crippen LogP contribution in [-0.4, -0.2) is 57.6 Å². The molecule has 2 fully saturated rings. The van der Waals surface area contributed by atoms with E-state index in [9.17, 15) is 19.2 Å². The first-order valence-corrected chi connectivity index (χ1v) is 9.12. The molecule has 2 aliphatic rings. The fraction of sp³-hybridized carbons (Fsp3) is 0.588. The molecule has 158 valence electrons. The van der Waals surface area contributed by atoms with Crippen LogP contribution in [0.4, 0.5) is 5.82 Å². The van der Waals surface area contributed by atoms with Crippen LogP contribution < -0.4 is 11.2 Å². The molecule has 12 nitrogen and oxygen atoms in total. The summed E-state index contributed by atoms with van der Waals surface area (Å²) in [5.74, 6) is -3.21. The SMILES string of the molecule is CCC(CC)C(=O)OC[C@H]1O[C@@H](n2ccc(NO)nc2=O)C2OC(=O)C(=O)OC21. The molecule has 29 heavy (non-hydrogen) atoms. The Balaban J connectivity index is 1.82. The third kappa shape index (κ3) is 4.07. The molecule has 12 heteroatoms. The monoisotopic (exact) mass is 411 g/mol. The zero-order valence-electron chi connectivity index (χ0n) is 15.8. The van der Waals surface area contributed by atoms with Crippen molar-refractivity contribution >= 4 is 23.7 Å². The Bertz CT molecular complexity index is 851. The van der Waals surface area contributed by atoms with Gasteiger partial charge in [-0.1, -0.05) is 13.8 Å². The largest absolute Gasteiger partial charge is 0.463 e. The predicted molar refractivity (Wildman–Crippen MR) is 92.6 cm³/mol. The molecule has 4 atom stereocenters. The van der Waals surface area contributed by atoms with Crippen molar-refractivity contribution in [1.29, 1.82) is 0 Å². The maximum atomic E-state index is 12.2. The van der Waals surface area contributed by atoms with Gasteiger partial charge in [-0.2, -0.15) is 4.98 Å². The van der Waals surface area contributed by atoms with Crippen molar-refractivity contribution in [3.05, 3.63) is 22.7 Å². The highest BCUT2D eigenvalue weighted by atomic mass is 16.7. The number of fused-ring (bicyclic) bond motifs is 1. The average molecular weight is 411 g/mol. The second-order valence-electron chi connectivity index (χ2n) is 6.56. The molecule has 2 aliphatic heterocycles. The fourth-order valence-corrected chi connectivity index (χ4v) is 3.25. The summed E-state index contributed by atoms with van der Waals surface area (Å²) in [7, 11) is 0. The van der Waals surface area contributed by atoms with Gasteiger partial charge in [0.25, 0.3) is 0 Å². The van der Waals surface area contributed by atoms with Gasteiger partial charge in [-0.15, -0.1) is 0 Å². The molecule has 1 aromatic rings. The second-order valence-corrected chi connectivity index (χ2v) is 6.56. The zero-order chi connectivity index (χ0) is 21.1. The molecule has 2 N–H and O–H groups in total. The number of nitrogens with zero attached hydrogens (tertiary/aromatic N) is 2. The Morgan fingerprint density at radius 2 is 1.90 bits per heavy atom. The van der Waals surface area contributed by atoms with Crippen molar-refractivity contribution < 1.29 is 38.5 Å². The Morgan fingerprint density at radius 1 is 1.24 bits per heavy atom. The third-order valence-corrected chi connectivity index (χ3v) is 4.87. The van der Waals surface area contributed by atoms with Gasteiger partial charge in [0, 0.05) is 6.20 Å². The maximum absolute atomic E-state index is 12.2. The van der Waals surface area contributed by atoms with Gasteiger partial charge in [-0.25, -0.2) is 14.4 Å². The number of nitrogens with one attached hydrogen (secondary N) is 1. The molecule has 2 unspecified atom stereocenters. The van der Waals surface area contributed by atoms with Gasteiger partial charge in [0.2, 0.25) is 0 Å². The Labute approximate surface area is 164 Å². The van der Waals surface area contributed by atoms with E-state index in [2.05, 4.69) is 4.98 Å². The summed E-state index contributed by atoms with van der Waals surface area (Å²) in [5.41, 5.74) is 0.931. The molecular formula is C17H21N3O9. The number of hydrogen-bond acceptors (Lipinski definition) is 11. The molecule has 0 spiro atoms. The lowest BCUT2D eigenvalue weighted by molar-refractivity contribution is -0.195. The van der Waals surface area contributed by atoms with E-state index in [4.69, 9.17) is 24.2 Å². The molecule has 3 heterocycles. The standard InChI is InChI=1S/C17H21N3O9/c1-3-8(4-2)14(21)26-7-9-11-12(29-16(23)15(22)28-11)13(27-9)20-6-5-10(19-25)18-17(20)24/h5-6,8-9,11-13,25H,3-4,7H2,1-2H3,(H,18,19,24)/t9-,11?,12?,13-/m1/s1. The van der Waals surface area contributed by atoms with Crippen molar-refractivity contribution in [1.82, 2.24) is 9.55 Å². The number of esters is 3. The molecule has 1 aromatic heterocycles. The number of carbonyl (C=O) groups is 3. The van der Waals surface area contributed by atoms with E-state index >= 15 is 0 Å². The first-order valence-electron chi connectivity index (χ1n) is 9.12. The minimum Gasteiger partial charge on any atom is -0.463 e. The molecule has 0 radical (unpaired) electrons. The van der Waals surface area contributed by atoms with E-state index in [0.29, 0.717) is 12.8 Å². The molecule has 0 aliphatic carbocycles. The van der Waals surface area contributed by atoms with Crippen LogP contribution in [-0.2, 0) is 33.3 Å². The third-order valence-electron chi connectivity index (χ3n) is 4.87. The van der Waals surface area contributed by atoms with E-state index in [-0.39, 0.29) is 18.3 Å². The summed E-state index contributed by atoms with van der Waals surface area (Å²) in [6.07, 6.45) is -1.85. The normalized spacial score (nSPS) is 25.9. The van der Waals surface area contributed by atoms with Gasteiger partial charge < -0.3 is 18.9 Å². The van der Waals surface area contributed by atoms with Crippen LogP contribution in [0, 0.1) is 5.92 Å². The number of ether oxygens (including phenoxy) is 4. The first kappa shape index (κ1) is 20.7. The van der Waals surface area contributed by atoms with E-state index in [1.165, 1.54) is 12.3 Å². The highest BCUT2D eigenvalue weighted by Gasteiger charge is 2.55. The number of rotatable bonds is 7. The van der Waals surface area contributed by atoms with Crippen molar-refractivity contribution in [3.8, 4) is 0 Å². The average Bonchev–Trinajstić information content (AvgIpc) is 3.04. The van der Waals surface area contributed by atoms with Gasteiger partial charge >= 0.3 is 23.6 Å². The summed E-state index contributed by atoms with van der Waals surface area (Å²) >= 11 is 0. The fourth-order valence-electron chi connectivity index (χ4n) is 3.25. The lowest BCUT2D eigenvalue weighted by atomic mass is 10.0. The summed E-state index contributed by atoms with van der Waals surface area (Å²) in [6.45, 7) is 3.47. The van der Waals surface area contributed by atoms with Gasteiger partial charge in [-0.05, 0) is 18.9 Å². The van der Waals surface area contributed by atoms with Crippen LogP contribution in [0.2, 0.25) is 0 Å². The molecule has 0 aromatic carbocycles. The van der Waals surface area contributed by atoms with Crippen molar-refractivity contribution in [2.45, 2.75) is 51.2 Å². The van der Waals surface area contributed by atoms with Gasteiger partial charge in [0.1, 0.15) is 12.7 Å². The summed E-state index contributed by atoms with van der Waals surface area (Å²) in [6, 6.07) is 1.29. The number of hydrogen-bond donors (Lipinski definition) is 2. The molecular weight excluding hydrogens is 390 g/mol. The Hall–Kier alpha value is -2.99. The van der Waals surface area contributed by atoms with E-state index < -0.39 is 48.1 Å². The van der Waals surface area contributed by atoms with Crippen molar-refractivity contribution in [2.75, 3.05) is 12.1 Å². The minimum atomic E-state index is -1.22. The molecule has 0 saturated carbocycles. The van der Waals surface area contributed by atoms with E-state index in [1.807, 2.05) is 13.8 Å². The highest BCUT2D eigenvalue weighted by Crippen LogP contribution is 2.35. The van der Waals surface area contributed by atoms with Crippen LogP contribution >= 0.6 is 0 Å². The lowest BCUT2D eigenvalue weighted by Gasteiger charge is -2.28. The van der Waals surface area contributed by atoms with Crippen LogP contribution in [0.25, 0.3) is 0 Å². The van der Waals surface area contributed by atoms with Crippen molar-refractivity contribution in [3.63, 3.8) is 0 Å². The van der Waals surface area contributed by atoms with Crippen molar-refractivity contribution in [2.24, 2.45) is 5.92 Å². The number of carbonyl (C=O) groups excluding carboxylic acids is 3. The smallest absolute Gasteiger partial charge is 0.418 e. The topological polar surface area (TPSA) is 155 Å². The van der Waals surface area contributed by atoms with Gasteiger partial charge in [-0.3, -0.25) is 20.0 Å². The van der Waals surface area contributed by atoms with Gasteiger partial charge in [0.15, 0.2) is 24.3 Å². The minimum absolute atomic E-state index is 0.0940. The lowest BCUT2D eigenvalue weighted by Crippen LogP contribution is -2.49. The van der Waals surface area contributed by atoms with Crippen LogP contribution in [0.15, 0.2) is 17.1 Å². The Morgan fingerprint density at radius 3 is 2.48 bits per heavy atom. The van der Waals surface area contributed by atoms with Crippen LogP contribution in [0.3, 0.4) is 0 Å². The molecule has 0 bridgehead atoms. The number of aromatic nitrogens is 2. The Kier molecular flexibility index (Phi) is 6.13. The molecule has 2 saturated heterocycles. The van der Waals surface area contributed by atoms with Crippen LogP contribution in [0.5, 0.6) is 0 Å². The second kappa shape index (κ2) is 8.57. The maximum Gasteiger partial charge on any atom is 0.418 e. The molecule has 3 rings (SSSR count). The van der Waals surface area contributed by atoms with Gasteiger partial charge in [0.05, 0.1) is 5.92 Å². The first-order chi connectivity index (χ1) is 13.9. The summed E-state index contributed by atoms with van der Waals surface area (Å²) in [4.78, 5) is 51.3.